The van der Waals surface area contributed by atoms with Crippen molar-refractivity contribution in [2.45, 2.75) is 17.9 Å². The molecule has 1 N–H and O–H groups in total. The lowest BCUT2D eigenvalue weighted by molar-refractivity contribution is -0.119. The third kappa shape index (κ3) is 5.19. The van der Waals surface area contributed by atoms with Crippen LogP contribution < -0.4 is 5.32 Å². The van der Waals surface area contributed by atoms with Gasteiger partial charge < -0.3 is 10.1 Å². The van der Waals surface area contributed by atoms with Crippen LogP contribution in [-0.2, 0) is 9.53 Å². The maximum atomic E-state index is 13.3. The van der Waals surface area contributed by atoms with Crippen LogP contribution in [0.3, 0.4) is 0 Å². The van der Waals surface area contributed by atoms with E-state index in [0.717, 1.165) is 0 Å². The topological polar surface area (TPSA) is 38.3 Å². The summed E-state index contributed by atoms with van der Waals surface area (Å²) in [6.07, 6.45) is 0. The molecule has 1 rings (SSSR count). The van der Waals surface area contributed by atoms with E-state index in [1.165, 1.54) is 17.8 Å². The van der Waals surface area contributed by atoms with E-state index in [1.807, 2.05) is 6.92 Å². The molecule has 0 unspecified atom stereocenters. The lowest BCUT2D eigenvalue weighted by Crippen LogP contribution is -2.36. The van der Waals surface area contributed by atoms with E-state index in [1.54, 1.807) is 25.3 Å². The van der Waals surface area contributed by atoms with E-state index >= 15 is 0 Å². The fourth-order valence-electron chi connectivity index (χ4n) is 1.31. The second-order valence-electron chi connectivity index (χ2n) is 3.64. The highest BCUT2D eigenvalue weighted by atomic mass is 32.2. The van der Waals surface area contributed by atoms with Gasteiger partial charge in [-0.1, -0.05) is 12.1 Å². The molecule has 0 aliphatic heterocycles. The van der Waals surface area contributed by atoms with Crippen molar-refractivity contribution in [2.75, 3.05) is 19.5 Å². The van der Waals surface area contributed by atoms with Gasteiger partial charge >= 0.3 is 0 Å². The number of rotatable bonds is 6. The Bertz CT molecular complexity index is 373. The van der Waals surface area contributed by atoms with Crippen LogP contribution in [0.25, 0.3) is 0 Å². The summed E-state index contributed by atoms with van der Waals surface area (Å²) in [7, 11) is 1.58. The molecule has 1 atom stereocenters. The monoisotopic (exact) mass is 257 g/mol. The second kappa shape index (κ2) is 7.29. The van der Waals surface area contributed by atoms with E-state index in [9.17, 15) is 9.18 Å². The average Bonchev–Trinajstić information content (AvgIpc) is 2.28. The van der Waals surface area contributed by atoms with Gasteiger partial charge in [0.2, 0.25) is 5.91 Å². The van der Waals surface area contributed by atoms with Crippen molar-refractivity contribution >= 4 is 17.7 Å². The van der Waals surface area contributed by atoms with Crippen molar-refractivity contribution in [1.82, 2.24) is 5.32 Å². The maximum Gasteiger partial charge on any atom is 0.230 e. The van der Waals surface area contributed by atoms with Crippen molar-refractivity contribution in [3.8, 4) is 0 Å². The number of halogens is 1. The van der Waals surface area contributed by atoms with Gasteiger partial charge in [0.25, 0.3) is 0 Å². The number of thioether (sulfide) groups is 1. The third-order valence-corrected chi connectivity index (χ3v) is 3.07. The van der Waals surface area contributed by atoms with Gasteiger partial charge in [0.05, 0.1) is 12.4 Å². The fourth-order valence-corrected chi connectivity index (χ4v) is 2.06. The normalized spacial score (nSPS) is 12.2. The molecule has 0 heterocycles. The number of carbonyl (C=O) groups is 1. The van der Waals surface area contributed by atoms with Crippen molar-refractivity contribution in [3.05, 3.63) is 30.1 Å². The van der Waals surface area contributed by atoms with E-state index in [0.29, 0.717) is 11.5 Å². The van der Waals surface area contributed by atoms with Crippen LogP contribution in [0.2, 0.25) is 0 Å². The van der Waals surface area contributed by atoms with Gasteiger partial charge in [0, 0.05) is 18.0 Å². The van der Waals surface area contributed by atoms with Crippen LogP contribution in [0.5, 0.6) is 0 Å². The van der Waals surface area contributed by atoms with Crippen LogP contribution in [0.15, 0.2) is 29.2 Å². The Kier molecular flexibility index (Phi) is 6.00. The van der Waals surface area contributed by atoms with Gasteiger partial charge in [-0.2, -0.15) is 0 Å². The molecule has 0 radical (unpaired) electrons. The predicted octanol–water partition coefficient (Wildman–Crippen LogP) is 2.07. The van der Waals surface area contributed by atoms with Gasteiger partial charge in [-0.3, -0.25) is 4.79 Å². The number of hydrogen-bond acceptors (Lipinski definition) is 3. The first-order valence-electron chi connectivity index (χ1n) is 5.29. The number of carbonyl (C=O) groups excluding carboxylic acids is 1. The van der Waals surface area contributed by atoms with Crippen LogP contribution >= 0.6 is 11.8 Å². The minimum absolute atomic E-state index is 0.0336. The minimum Gasteiger partial charge on any atom is -0.383 e. The number of amides is 1. The zero-order valence-electron chi connectivity index (χ0n) is 9.90. The molecule has 0 bridgehead atoms. The van der Waals surface area contributed by atoms with E-state index in [-0.39, 0.29) is 23.5 Å². The summed E-state index contributed by atoms with van der Waals surface area (Å²) in [5.41, 5.74) is 0. The molecule has 94 valence electrons. The van der Waals surface area contributed by atoms with Crippen LogP contribution in [0.1, 0.15) is 6.92 Å². The van der Waals surface area contributed by atoms with Gasteiger partial charge in [0.1, 0.15) is 5.82 Å². The number of ether oxygens (including phenoxy) is 1. The summed E-state index contributed by atoms with van der Waals surface area (Å²) in [6, 6.07) is 6.38. The number of benzene rings is 1. The molecular formula is C12H16FNO2S. The molecule has 0 spiro atoms. The zero-order chi connectivity index (χ0) is 12.7. The largest absolute Gasteiger partial charge is 0.383 e. The van der Waals surface area contributed by atoms with Crippen LogP contribution in [0, 0.1) is 5.82 Å². The molecular weight excluding hydrogens is 241 g/mol. The average molecular weight is 257 g/mol. The highest BCUT2D eigenvalue weighted by molar-refractivity contribution is 8.00. The molecule has 0 aromatic heterocycles. The van der Waals surface area contributed by atoms with E-state index in [4.69, 9.17) is 4.74 Å². The summed E-state index contributed by atoms with van der Waals surface area (Å²) in [6.45, 7) is 2.32. The van der Waals surface area contributed by atoms with Crippen molar-refractivity contribution < 1.29 is 13.9 Å². The Hall–Kier alpha value is -1.07. The molecule has 1 aromatic carbocycles. The predicted molar refractivity (Wildman–Crippen MR) is 66.6 cm³/mol. The maximum absolute atomic E-state index is 13.3. The van der Waals surface area contributed by atoms with Crippen LogP contribution in [-0.4, -0.2) is 31.4 Å². The Morgan fingerprint density at radius 1 is 1.53 bits per heavy atom. The van der Waals surface area contributed by atoms with Crippen molar-refractivity contribution in [1.29, 1.82) is 0 Å². The molecule has 0 aliphatic rings. The highest BCUT2D eigenvalue weighted by Crippen LogP contribution is 2.20. The van der Waals surface area contributed by atoms with Crippen molar-refractivity contribution in [3.63, 3.8) is 0 Å². The standard InChI is InChI=1S/C12H16FNO2S/c1-9(7-16-2)14-12(15)8-17-11-6-4-3-5-10(11)13/h3-6,9H,7-8H2,1-2H3,(H,14,15)/t9-/m1/s1. The molecule has 5 heteroatoms. The minimum atomic E-state index is -0.296. The Morgan fingerprint density at radius 3 is 2.88 bits per heavy atom. The third-order valence-electron chi connectivity index (χ3n) is 2.02. The van der Waals surface area contributed by atoms with Gasteiger partial charge in [-0.15, -0.1) is 11.8 Å². The van der Waals surface area contributed by atoms with Gasteiger partial charge in [-0.05, 0) is 19.1 Å². The number of nitrogens with one attached hydrogen (secondary N) is 1. The molecule has 1 amide bonds. The Morgan fingerprint density at radius 2 is 2.24 bits per heavy atom. The molecule has 0 saturated carbocycles. The van der Waals surface area contributed by atoms with Gasteiger partial charge in [-0.25, -0.2) is 4.39 Å². The molecule has 1 aromatic rings. The highest BCUT2D eigenvalue weighted by Gasteiger charge is 2.09. The molecule has 0 saturated heterocycles. The van der Waals surface area contributed by atoms with Gasteiger partial charge in [0.15, 0.2) is 0 Å². The smallest absolute Gasteiger partial charge is 0.230 e. The molecule has 17 heavy (non-hydrogen) atoms. The first-order valence-corrected chi connectivity index (χ1v) is 6.27. The van der Waals surface area contributed by atoms with Crippen LogP contribution in [0.4, 0.5) is 4.39 Å². The number of hydrogen-bond donors (Lipinski definition) is 1. The molecule has 0 fully saturated rings. The van der Waals surface area contributed by atoms with Crippen molar-refractivity contribution in [2.24, 2.45) is 0 Å². The first-order chi connectivity index (χ1) is 8.13. The summed E-state index contributed by atoms with van der Waals surface area (Å²) >= 11 is 1.19. The first kappa shape index (κ1) is 14.0. The van der Waals surface area contributed by atoms with E-state index in [2.05, 4.69) is 5.32 Å². The second-order valence-corrected chi connectivity index (χ2v) is 4.66. The molecule has 3 nitrogen and oxygen atoms in total. The Labute approximate surface area is 105 Å². The number of methoxy groups -OCH3 is 1. The molecule has 0 aliphatic carbocycles. The fraction of sp³-hybridized carbons (Fsp3) is 0.417. The van der Waals surface area contributed by atoms with E-state index < -0.39 is 0 Å². The summed E-state index contributed by atoms with van der Waals surface area (Å²) in [5, 5.41) is 2.76. The summed E-state index contributed by atoms with van der Waals surface area (Å²) in [5.74, 6) is -0.215. The summed E-state index contributed by atoms with van der Waals surface area (Å²) < 4.78 is 18.2. The Balaban J connectivity index is 2.36. The summed E-state index contributed by atoms with van der Waals surface area (Å²) in [4.78, 5) is 12.0. The quantitative estimate of drug-likeness (QED) is 0.793. The lowest BCUT2D eigenvalue weighted by atomic mass is 10.3. The zero-order valence-corrected chi connectivity index (χ0v) is 10.7. The SMILES string of the molecule is COC[C@@H](C)NC(=O)CSc1ccccc1F. The lowest BCUT2D eigenvalue weighted by Gasteiger charge is -2.12.